The van der Waals surface area contributed by atoms with E-state index in [0.717, 1.165) is 25.8 Å². The van der Waals surface area contributed by atoms with Crippen molar-refractivity contribution in [2.24, 2.45) is 0 Å². The van der Waals surface area contributed by atoms with E-state index in [9.17, 15) is 9.59 Å². The molecule has 0 unspecified atom stereocenters. The van der Waals surface area contributed by atoms with Gasteiger partial charge < -0.3 is 4.90 Å². The van der Waals surface area contributed by atoms with E-state index in [1.165, 1.54) is 0 Å². The molecular formula is C12H15NO2. The Labute approximate surface area is 89.4 Å². The van der Waals surface area contributed by atoms with Crippen molar-refractivity contribution in [3.63, 3.8) is 0 Å². The molecule has 0 aromatic heterocycles. The van der Waals surface area contributed by atoms with Crippen molar-refractivity contribution in [3.05, 3.63) is 24.3 Å². The monoisotopic (exact) mass is 205 g/mol. The van der Waals surface area contributed by atoms with Gasteiger partial charge in [0.1, 0.15) is 0 Å². The van der Waals surface area contributed by atoms with Gasteiger partial charge in [0.2, 0.25) is 5.91 Å². The van der Waals surface area contributed by atoms with Crippen LogP contribution < -0.4 is 0 Å². The van der Waals surface area contributed by atoms with Gasteiger partial charge in [-0.3, -0.25) is 9.59 Å². The molecule has 1 amide bonds. The van der Waals surface area contributed by atoms with Crippen molar-refractivity contribution in [1.29, 1.82) is 0 Å². The summed E-state index contributed by atoms with van der Waals surface area (Å²) in [5, 5.41) is 0. The van der Waals surface area contributed by atoms with E-state index in [1.807, 2.05) is 17.1 Å². The Balaban J connectivity index is 2.31. The maximum atomic E-state index is 11.5. The summed E-state index contributed by atoms with van der Waals surface area (Å²) in [5.41, 5.74) is -0.321. The smallest absolute Gasteiger partial charge is 0.220 e. The summed E-state index contributed by atoms with van der Waals surface area (Å²) in [6, 6.07) is 0. The summed E-state index contributed by atoms with van der Waals surface area (Å²) >= 11 is 0. The maximum Gasteiger partial charge on any atom is 0.220 e. The van der Waals surface area contributed by atoms with Crippen molar-refractivity contribution in [3.8, 4) is 0 Å². The number of rotatable bonds is 0. The largest absolute Gasteiger partial charge is 0.330 e. The topological polar surface area (TPSA) is 37.4 Å². The predicted molar refractivity (Wildman–Crippen MR) is 57.3 cm³/mol. The second-order valence-corrected chi connectivity index (χ2v) is 4.19. The highest BCUT2D eigenvalue weighted by Crippen LogP contribution is 2.32. The van der Waals surface area contributed by atoms with Crippen molar-refractivity contribution in [2.75, 3.05) is 6.54 Å². The molecule has 0 radical (unpaired) electrons. The SMILES string of the molecule is CC(=O)N1CCCCC12C=CC(=O)C=C2. The minimum Gasteiger partial charge on any atom is -0.330 e. The molecule has 1 fully saturated rings. The zero-order valence-electron chi connectivity index (χ0n) is 8.90. The molecule has 2 aliphatic rings. The third kappa shape index (κ3) is 1.74. The molecule has 0 atom stereocenters. The number of hydrogen-bond donors (Lipinski definition) is 0. The summed E-state index contributed by atoms with van der Waals surface area (Å²) < 4.78 is 0. The van der Waals surface area contributed by atoms with Crippen LogP contribution in [0.4, 0.5) is 0 Å². The first-order valence-corrected chi connectivity index (χ1v) is 5.35. The van der Waals surface area contributed by atoms with Gasteiger partial charge in [0.25, 0.3) is 0 Å². The number of likely N-dealkylation sites (tertiary alicyclic amines) is 1. The Morgan fingerprint density at radius 1 is 1.33 bits per heavy atom. The highest BCUT2D eigenvalue weighted by Gasteiger charge is 2.37. The van der Waals surface area contributed by atoms with Crippen LogP contribution in [0, 0.1) is 0 Å². The van der Waals surface area contributed by atoms with Gasteiger partial charge in [0, 0.05) is 13.5 Å². The number of amides is 1. The summed E-state index contributed by atoms with van der Waals surface area (Å²) in [6.07, 6.45) is 9.96. The Kier molecular flexibility index (Phi) is 2.47. The molecule has 3 nitrogen and oxygen atoms in total. The van der Waals surface area contributed by atoms with Crippen LogP contribution in [0.5, 0.6) is 0 Å². The lowest BCUT2D eigenvalue weighted by Crippen LogP contribution is -2.52. The maximum absolute atomic E-state index is 11.5. The van der Waals surface area contributed by atoms with Gasteiger partial charge in [-0.25, -0.2) is 0 Å². The van der Waals surface area contributed by atoms with Crippen LogP contribution in [0.25, 0.3) is 0 Å². The Morgan fingerprint density at radius 3 is 2.60 bits per heavy atom. The lowest BCUT2D eigenvalue weighted by Gasteiger charge is -2.44. The third-order valence-electron chi connectivity index (χ3n) is 3.16. The summed E-state index contributed by atoms with van der Waals surface area (Å²) in [4.78, 5) is 24.5. The number of carbonyl (C=O) groups is 2. The van der Waals surface area contributed by atoms with E-state index >= 15 is 0 Å². The highest BCUT2D eigenvalue weighted by molar-refractivity contribution is 6.01. The first kappa shape index (κ1) is 10.1. The predicted octanol–water partition coefficient (Wildman–Crippen LogP) is 1.45. The lowest BCUT2D eigenvalue weighted by atomic mass is 9.83. The lowest BCUT2D eigenvalue weighted by molar-refractivity contribution is -0.133. The summed E-state index contributed by atoms with van der Waals surface area (Å²) in [7, 11) is 0. The van der Waals surface area contributed by atoms with Crippen LogP contribution in [0.3, 0.4) is 0 Å². The number of allylic oxidation sites excluding steroid dienone is 2. The van der Waals surface area contributed by atoms with Crippen molar-refractivity contribution in [2.45, 2.75) is 31.7 Å². The van der Waals surface area contributed by atoms with Gasteiger partial charge in [-0.1, -0.05) is 12.2 Å². The molecule has 0 aromatic carbocycles. The molecule has 0 bridgehead atoms. The first-order chi connectivity index (χ1) is 7.14. The van der Waals surface area contributed by atoms with Gasteiger partial charge >= 0.3 is 0 Å². The molecule has 0 N–H and O–H groups in total. The van der Waals surface area contributed by atoms with E-state index in [1.54, 1.807) is 19.1 Å². The van der Waals surface area contributed by atoms with E-state index < -0.39 is 0 Å². The first-order valence-electron chi connectivity index (χ1n) is 5.35. The number of carbonyl (C=O) groups excluding carboxylic acids is 2. The average molecular weight is 205 g/mol. The normalized spacial score (nSPS) is 23.5. The molecule has 1 aliphatic carbocycles. The van der Waals surface area contributed by atoms with Gasteiger partial charge in [-0.15, -0.1) is 0 Å². The Morgan fingerprint density at radius 2 is 2.00 bits per heavy atom. The third-order valence-corrected chi connectivity index (χ3v) is 3.16. The average Bonchev–Trinajstić information content (AvgIpc) is 2.23. The van der Waals surface area contributed by atoms with E-state index in [-0.39, 0.29) is 17.2 Å². The van der Waals surface area contributed by atoms with Crippen LogP contribution in [-0.4, -0.2) is 28.7 Å². The van der Waals surface area contributed by atoms with E-state index in [4.69, 9.17) is 0 Å². The minimum absolute atomic E-state index is 0.00898. The standard InChI is InChI=1S/C12H15NO2/c1-10(14)13-9-3-2-6-12(13)7-4-11(15)5-8-12/h4-5,7-8H,2-3,6,9H2,1H3. The Hall–Kier alpha value is -1.38. The van der Waals surface area contributed by atoms with Crippen molar-refractivity contribution in [1.82, 2.24) is 4.90 Å². The quantitative estimate of drug-likeness (QED) is 0.600. The molecule has 3 heteroatoms. The molecule has 2 rings (SSSR count). The van der Waals surface area contributed by atoms with E-state index in [2.05, 4.69) is 0 Å². The van der Waals surface area contributed by atoms with Crippen LogP contribution >= 0.6 is 0 Å². The zero-order valence-corrected chi connectivity index (χ0v) is 8.90. The molecule has 15 heavy (non-hydrogen) atoms. The molecule has 0 saturated carbocycles. The zero-order chi connectivity index (χ0) is 10.9. The van der Waals surface area contributed by atoms with Gasteiger partial charge in [-0.05, 0) is 31.4 Å². The van der Waals surface area contributed by atoms with Crippen molar-refractivity contribution < 1.29 is 9.59 Å². The molecule has 1 saturated heterocycles. The fraction of sp³-hybridized carbons (Fsp3) is 0.500. The van der Waals surface area contributed by atoms with Crippen LogP contribution in [0.15, 0.2) is 24.3 Å². The number of nitrogens with zero attached hydrogens (tertiary/aromatic N) is 1. The molecule has 0 aromatic rings. The second kappa shape index (κ2) is 3.65. The van der Waals surface area contributed by atoms with Gasteiger partial charge in [-0.2, -0.15) is 0 Å². The molecular weight excluding hydrogens is 190 g/mol. The molecule has 1 heterocycles. The van der Waals surface area contributed by atoms with Gasteiger partial charge in [0.05, 0.1) is 5.54 Å². The molecule has 80 valence electrons. The Bertz CT molecular complexity index is 339. The number of ketones is 1. The highest BCUT2D eigenvalue weighted by atomic mass is 16.2. The second-order valence-electron chi connectivity index (χ2n) is 4.19. The number of hydrogen-bond acceptors (Lipinski definition) is 2. The van der Waals surface area contributed by atoms with Gasteiger partial charge in [0.15, 0.2) is 5.78 Å². The minimum atomic E-state index is -0.321. The fourth-order valence-corrected chi connectivity index (χ4v) is 2.38. The molecule has 1 aliphatic heterocycles. The fourth-order valence-electron chi connectivity index (χ4n) is 2.38. The van der Waals surface area contributed by atoms with E-state index in [0.29, 0.717) is 0 Å². The number of piperidine rings is 1. The molecule has 1 spiro atoms. The van der Waals surface area contributed by atoms with Crippen molar-refractivity contribution >= 4 is 11.7 Å². The summed E-state index contributed by atoms with van der Waals surface area (Å²) in [6.45, 7) is 2.38. The van der Waals surface area contributed by atoms with Crippen LogP contribution in [0.2, 0.25) is 0 Å². The van der Waals surface area contributed by atoms with Crippen LogP contribution in [0.1, 0.15) is 26.2 Å². The summed E-state index contributed by atoms with van der Waals surface area (Å²) in [5.74, 6) is 0.0908. The van der Waals surface area contributed by atoms with Crippen LogP contribution in [-0.2, 0) is 9.59 Å².